The molecule has 2 N–H and O–H groups in total. The summed E-state index contributed by atoms with van der Waals surface area (Å²) in [7, 11) is 0. The molecule has 1 atom stereocenters. The number of nitrogens with two attached hydrogens (primary N) is 1. The summed E-state index contributed by atoms with van der Waals surface area (Å²) in [5, 5.41) is 2.16. The molecule has 1 aromatic heterocycles. The van der Waals surface area contributed by atoms with Gasteiger partial charge in [0.1, 0.15) is 11.3 Å². The highest BCUT2D eigenvalue weighted by atomic mass is 35.5. The van der Waals surface area contributed by atoms with Crippen LogP contribution in [-0.2, 0) is 0 Å². The molecule has 0 aliphatic heterocycles. The maximum absolute atomic E-state index is 6.21. The van der Waals surface area contributed by atoms with Crippen molar-refractivity contribution in [3.05, 3.63) is 69.9 Å². The zero-order valence-electron chi connectivity index (χ0n) is 9.94. The van der Waals surface area contributed by atoms with Crippen LogP contribution < -0.4 is 5.73 Å². The topological polar surface area (TPSA) is 39.2 Å². The molecule has 0 spiro atoms. The van der Waals surface area contributed by atoms with Crippen molar-refractivity contribution < 1.29 is 4.42 Å². The summed E-state index contributed by atoms with van der Waals surface area (Å²) in [4.78, 5) is 0. The molecule has 1 heterocycles. The summed E-state index contributed by atoms with van der Waals surface area (Å²) in [6, 6.07) is 14.6. The maximum Gasteiger partial charge on any atom is 0.134 e. The van der Waals surface area contributed by atoms with Crippen molar-refractivity contribution in [2.75, 3.05) is 0 Å². The molecule has 0 saturated heterocycles. The van der Waals surface area contributed by atoms with E-state index in [1.807, 2.05) is 30.3 Å². The van der Waals surface area contributed by atoms with Crippen LogP contribution in [0.2, 0.25) is 10.0 Å². The first-order valence-electron chi connectivity index (χ1n) is 5.83. The van der Waals surface area contributed by atoms with Crippen LogP contribution in [0.3, 0.4) is 0 Å². The average Bonchev–Trinajstić information content (AvgIpc) is 2.80. The number of rotatable bonds is 2. The van der Waals surface area contributed by atoms with Crippen molar-refractivity contribution in [2.24, 2.45) is 5.73 Å². The summed E-state index contributed by atoms with van der Waals surface area (Å²) in [5.41, 5.74) is 7.86. The van der Waals surface area contributed by atoms with Crippen molar-refractivity contribution in [3.63, 3.8) is 0 Å². The summed E-state index contributed by atoms with van der Waals surface area (Å²) in [6.45, 7) is 0. The van der Waals surface area contributed by atoms with Gasteiger partial charge in [-0.3, -0.25) is 0 Å². The first kappa shape index (κ1) is 12.5. The Labute approximate surface area is 120 Å². The molecular weight excluding hydrogens is 281 g/mol. The number of para-hydroxylation sites is 1. The smallest absolute Gasteiger partial charge is 0.134 e. The normalized spacial score (nSPS) is 12.8. The summed E-state index contributed by atoms with van der Waals surface area (Å²) < 4.78 is 5.75. The summed E-state index contributed by atoms with van der Waals surface area (Å²) in [6.07, 6.45) is 0. The molecule has 3 aromatic rings. The predicted molar refractivity (Wildman–Crippen MR) is 78.7 cm³/mol. The van der Waals surface area contributed by atoms with E-state index in [2.05, 4.69) is 0 Å². The van der Waals surface area contributed by atoms with E-state index in [9.17, 15) is 0 Å². The van der Waals surface area contributed by atoms with E-state index in [-0.39, 0.29) is 6.04 Å². The van der Waals surface area contributed by atoms with Gasteiger partial charge in [0.15, 0.2) is 0 Å². The number of hydrogen-bond acceptors (Lipinski definition) is 2. The standard InChI is InChI=1S/C15H11Cl2NO/c16-11-5-10(6-12(17)8-11)15(18)14-7-9-3-1-2-4-13(9)19-14/h1-8,15H,18H2. The Balaban J connectivity index is 2.05. The average molecular weight is 292 g/mol. The van der Waals surface area contributed by atoms with Gasteiger partial charge in [-0.2, -0.15) is 0 Å². The lowest BCUT2D eigenvalue weighted by atomic mass is 10.1. The molecule has 2 aromatic carbocycles. The molecule has 0 fully saturated rings. The zero-order chi connectivity index (χ0) is 13.4. The highest BCUT2D eigenvalue weighted by Crippen LogP contribution is 2.29. The Morgan fingerprint density at radius 3 is 2.32 bits per heavy atom. The lowest BCUT2D eigenvalue weighted by molar-refractivity contribution is 0.525. The molecule has 1 unspecified atom stereocenters. The second kappa shape index (κ2) is 4.89. The van der Waals surface area contributed by atoms with Crippen molar-refractivity contribution in [1.29, 1.82) is 0 Å². The molecule has 4 heteroatoms. The van der Waals surface area contributed by atoms with E-state index in [1.165, 1.54) is 0 Å². The third kappa shape index (κ3) is 2.47. The van der Waals surface area contributed by atoms with Crippen LogP contribution in [-0.4, -0.2) is 0 Å². The van der Waals surface area contributed by atoms with Gasteiger partial charge in [-0.25, -0.2) is 0 Å². The zero-order valence-corrected chi connectivity index (χ0v) is 11.4. The monoisotopic (exact) mass is 291 g/mol. The van der Waals surface area contributed by atoms with Crippen LogP contribution in [0.25, 0.3) is 11.0 Å². The number of furan rings is 1. The van der Waals surface area contributed by atoms with Gasteiger partial charge in [-0.05, 0) is 35.9 Å². The summed E-state index contributed by atoms with van der Waals surface area (Å²) in [5.74, 6) is 0.694. The largest absolute Gasteiger partial charge is 0.459 e. The van der Waals surface area contributed by atoms with Gasteiger partial charge >= 0.3 is 0 Å². The maximum atomic E-state index is 6.21. The molecule has 0 bridgehead atoms. The molecule has 3 rings (SSSR count). The number of fused-ring (bicyclic) bond motifs is 1. The molecule has 0 aliphatic rings. The molecule has 0 amide bonds. The van der Waals surface area contributed by atoms with Crippen LogP contribution in [0, 0.1) is 0 Å². The fourth-order valence-corrected chi connectivity index (χ4v) is 2.62. The quantitative estimate of drug-likeness (QED) is 0.737. The lowest BCUT2D eigenvalue weighted by Gasteiger charge is -2.10. The van der Waals surface area contributed by atoms with E-state index in [1.54, 1.807) is 18.2 Å². The molecule has 2 nitrogen and oxygen atoms in total. The van der Waals surface area contributed by atoms with Gasteiger partial charge in [-0.1, -0.05) is 41.4 Å². The van der Waals surface area contributed by atoms with Gasteiger partial charge < -0.3 is 10.2 Å². The fourth-order valence-electron chi connectivity index (χ4n) is 2.07. The van der Waals surface area contributed by atoms with Gasteiger partial charge in [0.2, 0.25) is 0 Å². The molecule has 0 aliphatic carbocycles. The SMILES string of the molecule is NC(c1cc(Cl)cc(Cl)c1)c1cc2ccccc2o1. The predicted octanol–water partition coefficient (Wildman–Crippen LogP) is 4.79. The van der Waals surface area contributed by atoms with Crippen molar-refractivity contribution >= 4 is 34.2 Å². The van der Waals surface area contributed by atoms with E-state index in [0.29, 0.717) is 15.8 Å². The number of benzene rings is 2. The van der Waals surface area contributed by atoms with Crippen molar-refractivity contribution in [1.82, 2.24) is 0 Å². The second-order valence-electron chi connectivity index (χ2n) is 4.37. The molecule has 96 valence electrons. The minimum atomic E-state index is -0.386. The first-order valence-corrected chi connectivity index (χ1v) is 6.59. The number of hydrogen-bond donors (Lipinski definition) is 1. The lowest BCUT2D eigenvalue weighted by Crippen LogP contribution is -2.10. The first-order chi connectivity index (χ1) is 9.13. The Morgan fingerprint density at radius 1 is 0.947 bits per heavy atom. The highest BCUT2D eigenvalue weighted by Gasteiger charge is 2.15. The third-order valence-electron chi connectivity index (χ3n) is 3.00. The molecule has 19 heavy (non-hydrogen) atoms. The van der Waals surface area contributed by atoms with E-state index >= 15 is 0 Å². The Hall–Kier alpha value is -1.48. The Morgan fingerprint density at radius 2 is 1.63 bits per heavy atom. The van der Waals surface area contributed by atoms with Crippen LogP contribution in [0.1, 0.15) is 17.4 Å². The van der Waals surface area contributed by atoms with Gasteiger partial charge in [0, 0.05) is 15.4 Å². The second-order valence-corrected chi connectivity index (χ2v) is 5.24. The van der Waals surface area contributed by atoms with Crippen LogP contribution in [0.4, 0.5) is 0 Å². The highest BCUT2D eigenvalue weighted by molar-refractivity contribution is 6.34. The Bertz CT molecular complexity index is 683. The van der Waals surface area contributed by atoms with Crippen molar-refractivity contribution in [3.8, 4) is 0 Å². The van der Waals surface area contributed by atoms with Gasteiger partial charge in [0.25, 0.3) is 0 Å². The third-order valence-corrected chi connectivity index (χ3v) is 3.43. The molecular formula is C15H11Cl2NO. The van der Waals surface area contributed by atoms with E-state index in [0.717, 1.165) is 16.5 Å². The van der Waals surface area contributed by atoms with Gasteiger partial charge in [-0.15, -0.1) is 0 Å². The van der Waals surface area contributed by atoms with E-state index in [4.69, 9.17) is 33.4 Å². The van der Waals surface area contributed by atoms with Gasteiger partial charge in [0.05, 0.1) is 6.04 Å². The molecule has 0 saturated carbocycles. The minimum absolute atomic E-state index is 0.386. The van der Waals surface area contributed by atoms with E-state index < -0.39 is 0 Å². The van der Waals surface area contributed by atoms with Crippen LogP contribution in [0.5, 0.6) is 0 Å². The fraction of sp³-hybridized carbons (Fsp3) is 0.0667. The van der Waals surface area contributed by atoms with Crippen molar-refractivity contribution in [2.45, 2.75) is 6.04 Å². The number of halogens is 2. The van der Waals surface area contributed by atoms with Crippen LogP contribution >= 0.6 is 23.2 Å². The summed E-state index contributed by atoms with van der Waals surface area (Å²) >= 11 is 12.0. The van der Waals surface area contributed by atoms with Crippen LogP contribution in [0.15, 0.2) is 52.9 Å². The molecule has 0 radical (unpaired) electrons. The Kier molecular flexibility index (Phi) is 3.23. The minimum Gasteiger partial charge on any atom is -0.459 e.